The lowest BCUT2D eigenvalue weighted by atomic mass is 10.1. The van der Waals surface area contributed by atoms with E-state index >= 15 is 0 Å². The van der Waals surface area contributed by atoms with E-state index in [4.69, 9.17) is 0 Å². The number of aromatic amines is 1. The van der Waals surface area contributed by atoms with E-state index in [1.807, 2.05) is 0 Å². The number of carbonyl (C=O) groups excluding carboxylic acids is 1. The van der Waals surface area contributed by atoms with Crippen LogP contribution in [0.4, 0.5) is 0 Å². The van der Waals surface area contributed by atoms with E-state index in [-0.39, 0.29) is 18.7 Å². The van der Waals surface area contributed by atoms with Crippen molar-refractivity contribution in [2.75, 3.05) is 6.61 Å². The third-order valence-electron chi connectivity index (χ3n) is 2.04. The van der Waals surface area contributed by atoms with Crippen LogP contribution in [-0.4, -0.2) is 38.9 Å². The molecule has 1 aromatic rings. The Hall–Kier alpha value is -1.73. The van der Waals surface area contributed by atoms with Crippen molar-refractivity contribution in [3.8, 4) is 0 Å². The van der Waals surface area contributed by atoms with Gasteiger partial charge in [-0.1, -0.05) is 0 Å². The number of aromatic nitrogens is 2. The smallest absolute Gasteiger partial charge is 0.308 e. The van der Waals surface area contributed by atoms with Gasteiger partial charge in [0.25, 0.3) is 5.56 Å². The van der Waals surface area contributed by atoms with E-state index in [1.54, 1.807) is 6.92 Å². The van der Waals surface area contributed by atoms with Crippen LogP contribution in [0.2, 0.25) is 0 Å². The summed E-state index contributed by atoms with van der Waals surface area (Å²) >= 11 is 0. The number of esters is 1. The fourth-order valence-corrected chi connectivity index (χ4v) is 1.21. The van der Waals surface area contributed by atoms with Gasteiger partial charge in [0.05, 0.1) is 31.0 Å². The van der Waals surface area contributed by atoms with Crippen molar-refractivity contribution in [2.45, 2.75) is 25.6 Å². The highest BCUT2D eigenvalue weighted by Crippen LogP contribution is 2.15. The molecule has 0 aliphatic rings. The van der Waals surface area contributed by atoms with Gasteiger partial charge in [-0.3, -0.25) is 14.6 Å². The maximum atomic E-state index is 11.1. The minimum Gasteiger partial charge on any atom is -0.466 e. The van der Waals surface area contributed by atoms with Gasteiger partial charge in [-0.25, -0.2) is 0 Å². The zero-order valence-corrected chi connectivity index (χ0v) is 9.29. The van der Waals surface area contributed by atoms with Gasteiger partial charge >= 0.3 is 5.97 Å². The quantitative estimate of drug-likeness (QED) is 0.578. The van der Waals surface area contributed by atoms with Gasteiger partial charge in [0, 0.05) is 6.20 Å². The fraction of sp³-hybridized carbons (Fsp3) is 0.500. The first-order valence-electron chi connectivity index (χ1n) is 5.11. The van der Waals surface area contributed by atoms with Crippen molar-refractivity contribution in [1.82, 2.24) is 9.97 Å². The Kier molecular flexibility index (Phi) is 4.80. The number of nitrogens with zero attached hydrogens (tertiary/aromatic N) is 1. The summed E-state index contributed by atoms with van der Waals surface area (Å²) in [6.45, 7) is 1.85. The van der Waals surface area contributed by atoms with Gasteiger partial charge in [0.1, 0.15) is 6.10 Å². The Bertz CT molecular complexity index is 410. The molecule has 2 atom stereocenters. The van der Waals surface area contributed by atoms with E-state index in [0.717, 1.165) is 6.20 Å². The van der Waals surface area contributed by atoms with Crippen molar-refractivity contribution >= 4 is 5.97 Å². The lowest BCUT2D eigenvalue weighted by Crippen LogP contribution is -2.24. The topological polar surface area (TPSA) is 113 Å². The molecule has 2 unspecified atom stereocenters. The number of hydrogen-bond acceptors (Lipinski definition) is 6. The summed E-state index contributed by atoms with van der Waals surface area (Å²) in [5.74, 6) is -0.608. The Morgan fingerprint density at radius 3 is 2.82 bits per heavy atom. The zero-order chi connectivity index (χ0) is 12.8. The number of hydrogen-bond donors (Lipinski definition) is 3. The second-order valence-electron chi connectivity index (χ2n) is 3.36. The van der Waals surface area contributed by atoms with Crippen LogP contribution in [0.3, 0.4) is 0 Å². The molecule has 1 aromatic heterocycles. The summed E-state index contributed by atoms with van der Waals surface area (Å²) < 4.78 is 4.63. The number of nitrogens with one attached hydrogen (secondary N) is 1. The molecule has 1 heterocycles. The maximum absolute atomic E-state index is 11.1. The van der Waals surface area contributed by atoms with Crippen molar-refractivity contribution in [3.05, 3.63) is 28.4 Å². The largest absolute Gasteiger partial charge is 0.466 e. The Labute approximate surface area is 97.1 Å². The van der Waals surface area contributed by atoms with Crippen LogP contribution in [0.25, 0.3) is 0 Å². The third kappa shape index (κ3) is 3.97. The fourth-order valence-electron chi connectivity index (χ4n) is 1.21. The molecule has 7 heteroatoms. The van der Waals surface area contributed by atoms with Gasteiger partial charge in [0.15, 0.2) is 0 Å². The molecule has 0 amide bonds. The molecule has 0 saturated carbocycles. The number of aliphatic hydroxyl groups is 2. The number of rotatable bonds is 5. The van der Waals surface area contributed by atoms with Crippen LogP contribution in [0.15, 0.2) is 17.2 Å². The van der Waals surface area contributed by atoms with Gasteiger partial charge in [0.2, 0.25) is 0 Å². The summed E-state index contributed by atoms with van der Waals surface area (Å²) in [7, 11) is 0. The first-order valence-corrected chi connectivity index (χ1v) is 5.11. The van der Waals surface area contributed by atoms with E-state index in [1.165, 1.54) is 6.20 Å². The van der Waals surface area contributed by atoms with Crippen molar-refractivity contribution in [3.63, 3.8) is 0 Å². The van der Waals surface area contributed by atoms with Crippen LogP contribution in [0.5, 0.6) is 0 Å². The number of carbonyl (C=O) groups is 1. The van der Waals surface area contributed by atoms with E-state index < -0.39 is 23.7 Å². The van der Waals surface area contributed by atoms with Crippen LogP contribution >= 0.6 is 0 Å². The second kappa shape index (κ2) is 6.12. The van der Waals surface area contributed by atoms with Crippen molar-refractivity contribution in [2.24, 2.45) is 0 Å². The normalized spacial score (nSPS) is 14.1. The van der Waals surface area contributed by atoms with Crippen molar-refractivity contribution < 1.29 is 19.7 Å². The molecule has 0 aliphatic carbocycles. The van der Waals surface area contributed by atoms with Crippen molar-refractivity contribution in [1.29, 1.82) is 0 Å². The molecule has 0 aromatic carbocycles. The predicted molar refractivity (Wildman–Crippen MR) is 57.1 cm³/mol. The number of aliphatic hydroxyl groups excluding tert-OH is 2. The molecule has 0 fully saturated rings. The van der Waals surface area contributed by atoms with E-state index in [0.29, 0.717) is 0 Å². The molecular formula is C10H14N2O5. The average Bonchev–Trinajstić information content (AvgIpc) is 2.29. The molecular weight excluding hydrogens is 228 g/mol. The van der Waals surface area contributed by atoms with Gasteiger partial charge in [-0.2, -0.15) is 0 Å². The van der Waals surface area contributed by atoms with E-state index in [2.05, 4.69) is 14.7 Å². The third-order valence-corrected chi connectivity index (χ3v) is 2.04. The number of H-pyrrole nitrogens is 1. The highest BCUT2D eigenvalue weighted by Gasteiger charge is 2.23. The molecule has 1 rings (SSSR count). The highest BCUT2D eigenvalue weighted by atomic mass is 16.5. The standard InChI is InChI=1S/C10H14N2O5/c1-2-17-9(15)3-7(13)10(16)6-4-12-8(14)5-11-6/h4-5,7,10,13,16H,2-3H2,1H3,(H,12,14). The Morgan fingerprint density at radius 2 is 2.29 bits per heavy atom. The van der Waals surface area contributed by atoms with Gasteiger partial charge in [-0.15, -0.1) is 0 Å². The Balaban J connectivity index is 2.63. The first-order chi connectivity index (χ1) is 8.04. The second-order valence-corrected chi connectivity index (χ2v) is 3.36. The summed E-state index contributed by atoms with van der Waals surface area (Å²) in [5, 5.41) is 19.2. The minimum absolute atomic E-state index is 0.0846. The monoisotopic (exact) mass is 242 g/mol. The molecule has 7 nitrogen and oxygen atoms in total. The molecule has 94 valence electrons. The number of ether oxygens (including phenoxy) is 1. The maximum Gasteiger partial charge on any atom is 0.308 e. The average molecular weight is 242 g/mol. The van der Waals surface area contributed by atoms with Crippen LogP contribution < -0.4 is 5.56 Å². The van der Waals surface area contributed by atoms with Crippen LogP contribution in [0.1, 0.15) is 25.1 Å². The first kappa shape index (κ1) is 13.3. The molecule has 3 N–H and O–H groups in total. The molecule has 0 spiro atoms. The zero-order valence-electron chi connectivity index (χ0n) is 9.29. The SMILES string of the molecule is CCOC(=O)CC(O)C(O)c1c[nH]c(=O)cn1. The summed E-state index contributed by atoms with van der Waals surface area (Å²) in [6, 6.07) is 0. The van der Waals surface area contributed by atoms with Crippen LogP contribution in [-0.2, 0) is 9.53 Å². The lowest BCUT2D eigenvalue weighted by Gasteiger charge is -2.15. The Morgan fingerprint density at radius 1 is 1.59 bits per heavy atom. The lowest BCUT2D eigenvalue weighted by molar-refractivity contribution is -0.147. The van der Waals surface area contributed by atoms with E-state index in [9.17, 15) is 19.8 Å². The highest BCUT2D eigenvalue weighted by molar-refractivity contribution is 5.70. The predicted octanol–water partition coefficient (Wildman–Crippen LogP) is -0.883. The molecule has 0 radical (unpaired) electrons. The molecule has 0 aliphatic heterocycles. The van der Waals surface area contributed by atoms with Gasteiger partial charge < -0.3 is 19.9 Å². The van der Waals surface area contributed by atoms with Gasteiger partial charge in [-0.05, 0) is 6.92 Å². The molecule has 17 heavy (non-hydrogen) atoms. The summed E-state index contributed by atoms with van der Waals surface area (Å²) in [6.07, 6.45) is -0.851. The summed E-state index contributed by atoms with van der Waals surface area (Å²) in [4.78, 5) is 27.8. The van der Waals surface area contributed by atoms with Crippen LogP contribution in [0, 0.1) is 0 Å². The minimum atomic E-state index is -1.35. The molecule has 0 saturated heterocycles. The summed E-state index contributed by atoms with van der Waals surface area (Å²) in [5.41, 5.74) is -0.331. The molecule has 0 bridgehead atoms.